The minimum Gasteiger partial charge on any atom is -0.744 e. The number of hydrogen-bond acceptors (Lipinski definition) is 14. The summed E-state index contributed by atoms with van der Waals surface area (Å²) in [6, 6.07) is 5.49. The molecule has 0 amide bonds. The third-order valence-corrected chi connectivity index (χ3v) is 5.70. The average Bonchev–Trinajstić information content (AvgIpc) is 2.85. The summed E-state index contributed by atoms with van der Waals surface area (Å²) in [6.07, 6.45) is 0. The topological polar surface area (TPSA) is 220 Å². The molecular weight excluding hydrogens is 666 g/mol. The zero-order valence-corrected chi connectivity index (χ0v) is 25.8. The number of esters is 4. The van der Waals surface area contributed by atoms with Crippen molar-refractivity contribution in [2.24, 2.45) is 0 Å². The Morgan fingerprint density at radius 2 is 0.703 bits per heavy atom. The Morgan fingerprint density at radius 3 is 0.838 bits per heavy atom. The third-order valence-electron chi connectivity index (χ3n) is 4.07. The second kappa shape index (κ2) is 14.6. The van der Waals surface area contributed by atoms with Crippen molar-refractivity contribution < 1.29 is 64.1 Å². The van der Waals surface area contributed by atoms with E-state index in [2.05, 4.69) is 18.9 Å². The molecule has 196 valence electrons. The smallest absolute Gasteiger partial charge is 0.744 e. The summed E-state index contributed by atoms with van der Waals surface area (Å²) in [6.45, 7) is 0. The van der Waals surface area contributed by atoms with Gasteiger partial charge in [-0.15, -0.1) is 0 Å². The molecule has 0 heterocycles. The molecule has 0 spiro atoms. The zero-order valence-electron chi connectivity index (χ0n) is 19.7. The number of ether oxygens (including phenoxy) is 4. The van der Waals surface area contributed by atoms with Gasteiger partial charge in [0.15, 0.2) is 0 Å². The van der Waals surface area contributed by atoms with Gasteiger partial charge in [0.2, 0.25) is 0 Å². The van der Waals surface area contributed by atoms with E-state index in [1.165, 1.54) is 0 Å². The van der Waals surface area contributed by atoms with Crippen molar-refractivity contribution in [3.63, 3.8) is 0 Å². The van der Waals surface area contributed by atoms with Gasteiger partial charge in [-0.2, -0.15) is 0 Å². The number of methoxy groups -OCH3 is 4. The quantitative estimate of drug-likeness (QED) is 0.169. The molecule has 0 aliphatic rings. The summed E-state index contributed by atoms with van der Waals surface area (Å²) in [5, 5.41) is 0. The van der Waals surface area contributed by atoms with Crippen molar-refractivity contribution in [1.82, 2.24) is 0 Å². The standard InChI is InChI=1S/2C10H10O7S.Ba/c2*1-16-9(11)6-3-7(10(12)17-2)5-8(4-6)18(13,14)15;/h2*3-5H,1-2H3,(H,13,14,15);/q;;+2/p-2. The van der Waals surface area contributed by atoms with Crippen LogP contribution in [-0.4, -0.2) is 127 Å². The van der Waals surface area contributed by atoms with Crippen molar-refractivity contribution in [3.05, 3.63) is 58.7 Å². The van der Waals surface area contributed by atoms with Crippen LogP contribution in [0.3, 0.4) is 0 Å². The summed E-state index contributed by atoms with van der Waals surface area (Å²) in [5.74, 6) is -3.48. The Morgan fingerprint density at radius 1 is 0.514 bits per heavy atom. The van der Waals surface area contributed by atoms with Crippen molar-refractivity contribution in [1.29, 1.82) is 0 Å². The molecule has 2 rings (SSSR count). The first-order valence-electron chi connectivity index (χ1n) is 9.14. The van der Waals surface area contributed by atoms with Crippen molar-refractivity contribution in [2.75, 3.05) is 28.4 Å². The second-order valence-electron chi connectivity index (χ2n) is 6.37. The third kappa shape index (κ3) is 10.2. The van der Waals surface area contributed by atoms with Gasteiger partial charge in [0.1, 0.15) is 20.2 Å². The van der Waals surface area contributed by atoms with Gasteiger partial charge in [0.25, 0.3) is 0 Å². The fourth-order valence-corrected chi connectivity index (χ4v) is 3.51. The molecule has 0 bridgehead atoms. The van der Waals surface area contributed by atoms with Gasteiger partial charge in [-0.05, 0) is 36.4 Å². The first kappa shape index (κ1) is 34.7. The minimum absolute atomic E-state index is 0. The fourth-order valence-electron chi connectivity index (χ4n) is 2.43. The van der Waals surface area contributed by atoms with Gasteiger partial charge in [0, 0.05) is 0 Å². The molecule has 2 aromatic rings. The van der Waals surface area contributed by atoms with E-state index in [1.807, 2.05) is 0 Å². The van der Waals surface area contributed by atoms with Crippen molar-refractivity contribution in [2.45, 2.75) is 9.79 Å². The van der Waals surface area contributed by atoms with Crippen molar-refractivity contribution >= 4 is 93.0 Å². The van der Waals surface area contributed by atoms with Crippen LogP contribution in [0.2, 0.25) is 0 Å². The van der Waals surface area contributed by atoms with Crippen LogP contribution in [0.1, 0.15) is 41.4 Å². The maximum Gasteiger partial charge on any atom is 2.00 e. The molecule has 0 atom stereocenters. The Kier molecular flexibility index (Phi) is 13.7. The van der Waals surface area contributed by atoms with Gasteiger partial charge >= 0.3 is 72.8 Å². The molecular formula is C20H18BaO14S2. The SMILES string of the molecule is COC(=O)c1cc(C(=O)OC)cc(S(=O)(=O)[O-])c1.COC(=O)c1cc(C(=O)OC)cc(S(=O)(=O)[O-])c1.[Ba+2]. The molecule has 0 radical (unpaired) electrons. The molecule has 0 saturated heterocycles. The molecule has 0 saturated carbocycles. The van der Waals surface area contributed by atoms with Crippen molar-refractivity contribution in [3.8, 4) is 0 Å². The van der Waals surface area contributed by atoms with E-state index in [0.29, 0.717) is 0 Å². The molecule has 0 fully saturated rings. The van der Waals surface area contributed by atoms with E-state index in [-0.39, 0.29) is 71.1 Å². The Bertz CT molecular complexity index is 1220. The van der Waals surface area contributed by atoms with E-state index in [1.54, 1.807) is 0 Å². The summed E-state index contributed by atoms with van der Waals surface area (Å²) >= 11 is 0. The summed E-state index contributed by atoms with van der Waals surface area (Å²) < 4.78 is 82.9. The molecule has 0 unspecified atom stereocenters. The van der Waals surface area contributed by atoms with Crippen LogP contribution in [0, 0.1) is 0 Å². The molecule has 0 aliphatic heterocycles. The largest absolute Gasteiger partial charge is 2.00 e. The van der Waals surface area contributed by atoms with Gasteiger partial charge < -0.3 is 28.1 Å². The zero-order chi connectivity index (χ0) is 27.8. The van der Waals surface area contributed by atoms with Crippen LogP contribution in [-0.2, 0) is 39.2 Å². The van der Waals surface area contributed by atoms with Crippen LogP contribution in [0.5, 0.6) is 0 Å². The predicted octanol–water partition coefficient (Wildman–Crippen LogP) is -0.0530. The van der Waals surface area contributed by atoms with Crippen LogP contribution in [0.4, 0.5) is 0 Å². The fraction of sp³-hybridized carbons (Fsp3) is 0.200. The maximum atomic E-state index is 11.3. The predicted molar refractivity (Wildman–Crippen MR) is 120 cm³/mol. The van der Waals surface area contributed by atoms with Crippen LogP contribution >= 0.6 is 0 Å². The summed E-state index contributed by atoms with van der Waals surface area (Å²) in [4.78, 5) is 43.7. The number of benzene rings is 2. The van der Waals surface area contributed by atoms with E-state index >= 15 is 0 Å². The molecule has 0 aliphatic carbocycles. The molecule has 17 heteroatoms. The Balaban J connectivity index is 0.000000682. The Hall–Kier alpha value is -2.29. The normalized spacial score (nSPS) is 10.5. The van der Waals surface area contributed by atoms with Gasteiger partial charge in [0.05, 0.1) is 60.5 Å². The first-order chi connectivity index (χ1) is 16.6. The molecule has 2 aromatic carbocycles. The first-order valence-corrected chi connectivity index (χ1v) is 12.0. The summed E-state index contributed by atoms with van der Waals surface area (Å²) in [7, 11) is -5.27. The number of hydrogen-bond donors (Lipinski definition) is 0. The van der Waals surface area contributed by atoms with Crippen LogP contribution < -0.4 is 0 Å². The van der Waals surface area contributed by atoms with Gasteiger partial charge in [-0.3, -0.25) is 0 Å². The second-order valence-corrected chi connectivity index (χ2v) is 9.13. The molecule has 0 aromatic heterocycles. The van der Waals surface area contributed by atoms with E-state index in [0.717, 1.165) is 64.8 Å². The molecule has 14 nitrogen and oxygen atoms in total. The van der Waals surface area contributed by atoms with Gasteiger partial charge in [-0.1, -0.05) is 0 Å². The minimum atomic E-state index is -4.80. The number of rotatable bonds is 6. The monoisotopic (exact) mass is 684 g/mol. The number of carbonyl (C=O) groups excluding carboxylic acids is 4. The molecule has 0 N–H and O–H groups in total. The Labute approximate surface area is 251 Å². The van der Waals surface area contributed by atoms with E-state index < -0.39 is 53.9 Å². The van der Waals surface area contributed by atoms with E-state index in [4.69, 9.17) is 0 Å². The maximum absolute atomic E-state index is 11.3. The van der Waals surface area contributed by atoms with Crippen LogP contribution in [0.25, 0.3) is 0 Å². The van der Waals surface area contributed by atoms with Crippen LogP contribution in [0.15, 0.2) is 46.2 Å². The summed E-state index contributed by atoms with van der Waals surface area (Å²) in [5.41, 5.74) is -0.908. The van der Waals surface area contributed by atoms with E-state index in [9.17, 15) is 45.1 Å². The average molecular weight is 684 g/mol. The van der Waals surface area contributed by atoms with Gasteiger partial charge in [-0.25, -0.2) is 36.0 Å². The molecule has 37 heavy (non-hydrogen) atoms. The number of carbonyl (C=O) groups is 4.